The molecule has 1 heterocycles. The van der Waals surface area contributed by atoms with Crippen LogP contribution < -0.4 is 10.9 Å². The number of nitrogens with zero attached hydrogens (tertiary/aromatic N) is 2. The number of benzene rings is 3. The van der Waals surface area contributed by atoms with Gasteiger partial charge in [-0.25, -0.2) is 13.8 Å². The topological polar surface area (TPSA) is 64.0 Å². The molecule has 3 aromatic carbocycles. The third-order valence-electron chi connectivity index (χ3n) is 4.43. The number of nitrogens with one attached hydrogen (secondary N) is 1. The zero-order valence-electron chi connectivity index (χ0n) is 16.1. The van der Waals surface area contributed by atoms with E-state index in [2.05, 4.69) is 26.2 Å². The lowest BCUT2D eigenvalue weighted by Crippen LogP contribution is -2.23. The summed E-state index contributed by atoms with van der Waals surface area (Å²) in [5.74, 6) is -2.39. The van der Waals surface area contributed by atoms with Crippen LogP contribution in [0.3, 0.4) is 0 Å². The Balaban J connectivity index is 1.67. The van der Waals surface area contributed by atoms with Gasteiger partial charge in [0.1, 0.15) is 5.82 Å². The molecular formula is C22H13BrClF2N3O2S. The van der Waals surface area contributed by atoms with Crippen LogP contribution in [-0.2, 0) is 4.79 Å². The third-order valence-corrected chi connectivity index (χ3v) is 6.25. The van der Waals surface area contributed by atoms with Crippen molar-refractivity contribution in [2.24, 2.45) is 0 Å². The lowest BCUT2D eigenvalue weighted by molar-refractivity contribution is -0.113. The van der Waals surface area contributed by atoms with E-state index in [1.165, 1.54) is 4.57 Å². The number of para-hydroxylation sites is 1. The van der Waals surface area contributed by atoms with Crippen LogP contribution >= 0.6 is 39.3 Å². The van der Waals surface area contributed by atoms with Gasteiger partial charge in [0.2, 0.25) is 5.91 Å². The summed E-state index contributed by atoms with van der Waals surface area (Å²) < 4.78 is 28.8. The SMILES string of the molecule is O=C(CSc1nc2ccccc2c(=O)n1-c1ccc(Cl)cc1)Nc1c(F)cc(F)cc1Br. The Hall–Kier alpha value is -2.75. The van der Waals surface area contributed by atoms with Gasteiger partial charge in [-0.2, -0.15) is 0 Å². The number of aromatic nitrogens is 2. The molecule has 1 amide bonds. The zero-order chi connectivity index (χ0) is 22.8. The van der Waals surface area contributed by atoms with Gasteiger partial charge in [-0.3, -0.25) is 14.2 Å². The predicted molar refractivity (Wildman–Crippen MR) is 126 cm³/mol. The Bertz CT molecular complexity index is 1370. The van der Waals surface area contributed by atoms with Crippen LogP contribution in [0.2, 0.25) is 5.02 Å². The Morgan fingerprint density at radius 3 is 2.56 bits per heavy atom. The van der Waals surface area contributed by atoms with Crippen molar-refractivity contribution in [2.75, 3.05) is 11.1 Å². The summed E-state index contributed by atoms with van der Waals surface area (Å²) in [7, 11) is 0. The Kier molecular flexibility index (Phi) is 6.59. The summed E-state index contributed by atoms with van der Waals surface area (Å²) in [6.45, 7) is 0. The minimum absolute atomic E-state index is 0.0789. The van der Waals surface area contributed by atoms with Crippen molar-refractivity contribution in [1.29, 1.82) is 0 Å². The fourth-order valence-corrected chi connectivity index (χ4v) is 4.44. The van der Waals surface area contributed by atoms with Crippen molar-refractivity contribution in [1.82, 2.24) is 9.55 Å². The molecule has 4 aromatic rings. The highest BCUT2D eigenvalue weighted by molar-refractivity contribution is 9.10. The van der Waals surface area contributed by atoms with E-state index in [-0.39, 0.29) is 26.6 Å². The Labute approximate surface area is 198 Å². The van der Waals surface area contributed by atoms with E-state index >= 15 is 0 Å². The van der Waals surface area contributed by atoms with Gasteiger partial charge >= 0.3 is 0 Å². The number of carbonyl (C=O) groups excluding carboxylic acids is 1. The summed E-state index contributed by atoms with van der Waals surface area (Å²) in [4.78, 5) is 30.2. The summed E-state index contributed by atoms with van der Waals surface area (Å²) in [5.41, 5.74) is 0.553. The van der Waals surface area contributed by atoms with Crippen molar-refractivity contribution in [3.8, 4) is 5.69 Å². The van der Waals surface area contributed by atoms with E-state index in [0.717, 1.165) is 17.8 Å². The van der Waals surface area contributed by atoms with E-state index < -0.39 is 17.5 Å². The first-order valence-electron chi connectivity index (χ1n) is 9.18. The second-order valence-electron chi connectivity index (χ2n) is 6.61. The van der Waals surface area contributed by atoms with Crippen LogP contribution in [0, 0.1) is 11.6 Å². The fraction of sp³-hybridized carbons (Fsp3) is 0.0455. The molecule has 0 aliphatic carbocycles. The average molecular weight is 537 g/mol. The van der Waals surface area contributed by atoms with Gasteiger partial charge in [-0.1, -0.05) is 35.5 Å². The number of carbonyl (C=O) groups is 1. The number of amides is 1. The number of rotatable bonds is 5. The van der Waals surface area contributed by atoms with Gasteiger partial charge in [0.05, 0.1) is 28.0 Å². The van der Waals surface area contributed by atoms with Gasteiger partial charge < -0.3 is 5.32 Å². The highest BCUT2D eigenvalue weighted by atomic mass is 79.9. The first kappa shape index (κ1) is 22.4. The van der Waals surface area contributed by atoms with Crippen LogP contribution in [-0.4, -0.2) is 21.2 Å². The van der Waals surface area contributed by atoms with Crippen LogP contribution in [0.25, 0.3) is 16.6 Å². The van der Waals surface area contributed by atoms with Crippen LogP contribution in [0.4, 0.5) is 14.5 Å². The monoisotopic (exact) mass is 535 g/mol. The second-order valence-corrected chi connectivity index (χ2v) is 8.84. The summed E-state index contributed by atoms with van der Waals surface area (Å²) in [6.07, 6.45) is 0. The molecule has 5 nitrogen and oxygen atoms in total. The molecule has 0 unspecified atom stereocenters. The fourth-order valence-electron chi connectivity index (χ4n) is 2.99. The maximum Gasteiger partial charge on any atom is 0.266 e. The average Bonchev–Trinajstić information content (AvgIpc) is 2.76. The molecule has 0 atom stereocenters. The molecule has 32 heavy (non-hydrogen) atoms. The predicted octanol–water partition coefficient (Wildman–Crippen LogP) is 5.81. The van der Waals surface area contributed by atoms with Crippen molar-refractivity contribution in [2.45, 2.75) is 5.16 Å². The van der Waals surface area contributed by atoms with E-state index in [4.69, 9.17) is 11.6 Å². The van der Waals surface area contributed by atoms with Crippen LogP contribution in [0.15, 0.2) is 75.1 Å². The quantitative estimate of drug-likeness (QED) is 0.258. The molecule has 162 valence electrons. The summed E-state index contributed by atoms with van der Waals surface area (Å²) in [6, 6.07) is 15.3. The van der Waals surface area contributed by atoms with Crippen molar-refractivity contribution < 1.29 is 13.6 Å². The van der Waals surface area contributed by atoms with Gasteiger partial charge in [-0.05, 0) is 58.4 Å². The lowest BCUT2D eigenvalue weighted by atomic mass is 10.2. The molecule has 0 bridgehead atoms. The van der Waals surface area contributed by atoms with E-state index in [0.29, 0.717) is 27.7 Å². The van der Waals surface area contributed by atoms with Gasteiger partial charge in [0.25, 0.3) is 5.56 Å². The largest absolute Gasteiger partial charge is 0.322 e. The molecule has 0 aliphatic rings. The Morgan fingerprint density at radius 2 is 1.84 bits per heavy atom. The van der Waals surface area contributed by atoms with Gasteiger partial charge in [-0.15, -0.1) is 0 Å². The molecule has 0 saturated heterocycles. The van der Waals surface area contributed by atoms with E-state index in [9.17, 15) is 18.4 Å². The molecule has 0 aliphatic heterocycles. The van der Waals surface area contributed by atoms with Gasteiger partial charge in [0.15, 0.2) is 11.0 Å². The maximum atomic E-state index is 14.0. The highest BCUT2D eigenvalue weighted by Gasteiger charge is 2.17. The molecule has 0 fully saturated rings. The normalized spacial score (nSPS) is 11.0. The molecular weight excluding hydrogens is 524 g/mol. The van der Waals surface area contributed by atoms with E-state index in [1.54, 1.807) is 48.5 Å². The summed E-state index contributed by atoms with van der Waals surface area (Å²) in [5, 5.41) is 3.63. The minimum atomic E-state index is -0.905. The number of halogens is 4. The molecule has 0 radical (unpaired) electrons. The first-order valence-corrected chi connectivity index (χ1v) is 11.3. The summed E-state index contributed by atoms with van der Waals surface area (Å²) >= 11 is 10.0. The number of thioether (sulfide) groups is 1. The second kappa shape index (κ2) is 9.40. The van der Waals surface area contributed by atoms with Crippen molar-refractivity contribution in [3.63, 3.8) is 0 Å². The highest BCUT2D eigenvalue weighted by Crippen LogP contribution is 2.28. The van der Waals surface area contributed by atoms with Crippen LogP contribution in [0.5, 0.6) is 0 Å². The molecule has 1 aromatic heterocycles. The third kappa shape index (κ3) is 4.69. The standard InChI is InChI=1S/C22H13BrClF2N3O2S/c23-16-9-13(25)10-17(26)20(16)28-19(30)11-32-22-27-18-4-2-1-3-15(18)21(31)29(22)14-7-5-12(24)6-8-14/h1-10H,11H2,(H,28,30). The molecule has 1 N–H and O–H groups in total. The molecule has 0 spiro atoms. The molecule has 4 rings (SSSR count). The van der Waals surface area contributed by atoms with Crippen molar-refractivity contribution >= 4 is 61.8 Å². The Morgan fingerprint density at radius 1 is 1.12 bits per heavy atom. The molecule has 0 saturated carbocycles. The first-order chi connectivity index (χ1) is 15.3. The zero-order valence-corrected chi connectivity index (χ0v) is 19.3. The number of fused-ring (bicyclic) bond motifs is 1. The number of hydrogen-bond acceptors (Lipinski definition) is 4. The maximum absolute atomic E-state index is 14.0. The molecule has 10 heteroatoms. The van der Waals surface area contributed by atoms with Crippen LogP contribution in [0.1, 0.15) is 0 Å². The smallest absolute Gasteiger partial charge is 0.266 e. The number of anilines is 1. The lowest BCUT2D eigenvalue weighted by Gasteiger charge is -2.14. The van der Waals surface area contributed by atoms with E-state index in [1.807, 2.05) is 0 Å². The van der Waals surface area contributed by atoms with Gasteiger partial charge in [0, 0.05) is 15.6 Å². The number of hydrogen-bond donors (Lipinski definition) is 1. The van der Waals surface area contributed by atoms with Crippen molar-refractivity contribution in [3.05, 3.63) is 92.1 Å². The minimum Gasteiger partial charge on any atom is -0.322 e.